The minimum Gasteiger partial charge on any atom is -0.376 e. The average molecular weight is 342 g/mol. The Morgan fingerprint density at radius 1 is 1.00 bits per heavy atom. The molecular weight excluding hydrogens is 320 g/mol. The monoisotopic (exact) mass is 342 g/mol. The molecule has 0 spiro atoms. The van der Waals surface area contributed by atoms with Gasteiger partial charge < -0.3 is 5.32 Å². The third-order valence-corrected chi connectivity index (χ3v) is 5.46. The fraction of sp³-hybridized carbons (Fsp3) is 0.263. The van der Waals surface area contributed by atoms with Crippen LogP contribution in [0.1, 0.15) is 31.9 Å². The Morgan fingerprint density at radius 3 is 2.33 bits per heavy atom. The van der Waals surface area contributed by atoms with Crippen molar-refractivity contribution >= 4 is 27.0 Å². The van der Waals surface area contributed by atoms with Crippen molar-refractivity contribution in [3.63, 3.8) is 0 Å². The van der Waals surface area contributed by atoms with Gasteiger partial charge in [-0.25, -0.2) is 8.42 Å². The minimum absolute atomic E-state index is 0.111. The van der Waals surface area contributed by atoms with Gasteiger partial charge >= 0.3 is 0 Å². The standard InChI is InChI=1S/C19H22N2O2S/c1-13-5-8-16(9-6-13)24(22,23)21-15-7-10-18-17(11-15)14(2)12-19(3,4)20-18/h5-12,20-21H,1-4H3. The molecule has 2 aromatic carbocycles. The Hall–Kier alpha value is -2.27. The van der Waals surface area contributed by atoms with Crippen LogP contribution in [0.2, 0.25) is 0 Å². The van der Waals surface area contributed by atoms with Gasteiger partial charge in [-0.3, -0.25) is 4.72 Å². The number of hydrogen-bond acceptors (Lipinski definition) is 3. The number of aryl methyl sites for hydroxylation is 1. The lowest BCUT2D eigenvalue weighted by molar-refractivity contribution is 0.601. The molecule has 0 aromatic heterocycles. The van der Waals surface area contributed by atoms with E-state index in [9.17, 15) is 8.42 Å². The van der Waals surface area contributed by atoms with Crippen molar-refractivity contribution in [2.75, 3.05) is 10.0 Å². The normalized spacial score (nSPS) is 15.9. The molecule has 3 rings (SSSR count). The minimum atomic E-state index is -3.59. The summed E-state index contributed by atoms with van der Waals surface area (Å²) in [6.07, 6.45) is 2.15. The molecule has 126 valence electrons. The molecule has 0 atom stereocenters. The fourth-order valence-corrected chi connectivity index (χ4v) is 4.03. The van der Waals surface area contributed by atoms with Crippen LogP contribution in [0.4, 0.5) is 11.4 Å². The molecule has 0 bridgehead atoms. The van der Waals surface area contributed by atoms with Crippen LogP contribution in [0.15, 0.2) is 53.4 Å². The first kappa shape index (κ1) is 16.6. The maximum absolute atomic E-state index is 12.5. The van der Waals surface area contributed by atoms with Gasteiger partial charge in [-0.2, -0.15) is 0 Å². The van der Waals surface area contributed by atoms with E-state index in [4.69, 9.17) is 0 Å². The molecule has 0 amide bonds. The van der Waals surface area contributed by atoms with Gasteiger partial charge in [0.05, 0.1) is 10.4 Å². The zero-order valence-corrected chi connectivity index (χ0v) is 15.2. The van der Waals surface area contributed by atoms with Crippen LogP contribution in [-0.2, 0) is 10.0 Å². The van der Waals surface area contributed by atoms with Crippen molar-refractivity contribution in [3.05, 3.63) is 59.7 Å². The summed E-state index contributed by atoms with van der Waals surface area (Å²) in [5.74, 6) is 0. The number of benzene rings is 2. The highest BCUT2D eigenvalue weighted by molar-refractivity contribution is 7.92. The lowest BCUT2D eigenvalue weighted by Crippen LogP contribution is -2.31. The molecule has 1 aliphatic rings. The quantitative estimate of drug-likeness (QED) is 0.869. The highest BCUT2D eigenvalue weighted by Gasteiger charge is 2.23. The predicted octanol–water partition coefficient (Wildman–Crippen LogP) is 4.40. The van der Waals surface area contributed by atoms with Gasteiger partial charge in [-0.1, -0.05) is 23.8 Å². The number of fused-ring (bicyclic) bond motifs is 1. The topological polar surface area (TPSA) is 58.2 Å². The van der Waals surface area contributed by atoms with Gasteiger partial charge in [0, 0.05) is 16.9 Å². The molecule has 0 saturated carbocycles. The highest BCUT2D eigenvalue weighted by Crippen LogP contribution is 2.35. The molecule has 0 fully saturated rings. The zero-order valence-electron chi connectivity index (χ0n) is 14.3. The van der Waals surface area contributed by atoms with E-state index in [0.29, 0.717) is 5.69 Å². The number of allylic oxidation sites excluding steroid dienone is 1. The second-order valence-corrected chi connectivity index (χ2v) is 8.54. The number of sulfonamides is 1. The summed E-state index contributed by atoms with van der Waals surface area (Å²) in [5, 5.41) is 3.44. The molecule has 24 heavy (non-hydrogen) atoms. The van der Waals surface area contributed by atoms with Crippen LogP contribution in [0.25, 0.3) is 5.57 Å². The fourth-order valence-electron chi connectivity index (χ4n) is 2.98. The lowest BCUT2D eigenvalue weighted by atomic mass is 9.91. The molecule has 4 nitrogen and oxygen atoms in total. The Labute approximate surface area is 143 Å². The molecule has 1 heterocycles. The molecule has 0 radical (unpaired) electrons. The van der Waals surface area contributed by atoms with E-state index in [-0.39, 0.29) is 10.4 Å². The lowest BCUT2D eigenvalue weighted by Gasteiger charge is -2.31. The number of hydrogen-bond donors (Lipinski definition) is 2. The number of anilines is 2. The summed E-state index contributed by atoms with van der Waals surface area (Å²) in [7, 11) is -3.59. The van der Waals surface area contributed by atoms with Gasteiger partial charge in [-0.15, -0.1) is 0 Å². The molecule has 5 heteroatoms. The largest absolute Gasteiger partial charge is 0.376 e. The summed E-state index contributed by atoms with van der Waals surface area (Å²) in [5.41, 5.74) is 4.63. The molecule has 0 aliphatic carbocycles. The highest BCUT2D eigenvalue weighted by atomic mass is 32.2. The Balaban J connectivity index is 1.92. The van der Waals surface area contributed by atoms with Gasteiger partial charge in [-0.05, 0) is 63.6 Å². The summed E-state index contributed by atoms with van der Waals surface area (Å²) >= 11 is 0. The second-order valence-electron chi connectivity index (χ2n) is 6.85. The van der Waals surface area contributed by atoms with Crippen LogP contribution in [-0.4, -0.2) is 14.0 Å². The molecular formula is C19H22N2O2S. The van der Waals surface area contributed by atoms with E-state index >= 15 is 0 Å². The average Bonchev–Trinajstić information content (AvgIpc) is 2.47. The summed E-state index contributed by atoms with van der Waals surface area (Å²) in [4.78, 5) is 0.261. The van der Waals surface area contributed by atoms with E-state index < -0.39 is 10.0 Å². The predicted molar refractivity (Wildman–Crippen MR) is 99.8 cm³/mol. The van der Waals surface area contributed by atoms with Crippen LogP contribution < -0.4 is 10.0 Å². The number of rotatable bonds is 3. The van der Waals surface area contributed by atoms with Crippen molar-refractivity contribution in [1.29, 1.82) is 0 Å². The van der Waals surface area contributed by atoms with E-state index in [1.807, 2.05) is 26.0 Å². The van der Waals surface area contributed by atoms with Crippen LogP contribution in [0, 0.1) is 6.92 Å². The molecule has 0 saturated heterocycles. The van der Waals surface area contributed by atoms with E-state index in [1.54, 1.807) is 30.3 Å². The molecule has 2 aromatic rings. The Morgan fingerprint density at radius 2 is 1.67 bits per heavy atom. The Kier molecular flexibility index (Phi) is 3.92. The van der Waals surface area contributed by atoms with Gasteiger partial charge in [0.15, 0.2) is 0 Å². The first-order chi connectivity index (χ1) is 11.2. The molecule has 2 N–H and O–H groups in total. The van der Waals surface area contributed by atoms with Crippen LogP contribution in [0.5, 0.6) is 0 Å². The SMILES string of the molecule is CC1=CC(C)(C)Nc2ccc(NS(=O)(=O)c3ccc(C)cc3)cc21. The van der Waals surface area contributed by atoms with E-state index in [0.717, 1.165) is 22.4 Å². The van der Waals surface area contributed by atoms with Gasteiger partial charge in [0.1, 0.15) is 0 Å². The van der Waals surface area contributed by atoms with Crippen molar-refractivity contribution in [2.24, 2.45) is 0 Å². The second kappa shape index (κ2) is 5.67. The van der Waals surface area contributed by atoms with Crippen LogP contribution in [0.3, 0.4) is 0 Å². The zero-order chi connectivity index (χ0) is 17.5. The maximum Gasteiger partial charge on any atom is 0.261 e. The van der Waals surface area contributed by atoms with E-state index in [1.165, 1.54) is 0 Å². The van der Waals surface area contributed by atoms with E-state index in [2.05, 4.69) is 30.0 Å². The first-order valence-corrected chi connectivity index (χ1v) is 9.36. The third-order valence-electron chi connectivity index (χ3n) is 4.06. The summed E-state index contributed by atoms with van der Waals surface area (Å²) < 4.78 is 27.7. The smallest absolute Gasteiger partial charge is 0.261 e. The van der Waals surface area contributed by atoms with Crippen molar-refractivity contribution < 1.29 is 8.42 Å². The third kappa shape index (κ3) is 3.31. The Bertz CT molecular complexity index is 911. The van der Waals surface area contributed by atoms with Crippen molar-refractivity contribution in [3.8, 4) is 0 Å². The van der Waals surface area contributed by atoms with Crippen molar-refractivity contribution in [2.45, 2.75) is 38.1 Å². The maximum atomic E-state index is 12.5. The molecule has 1 aliphatic heterocycles. The van der Waals surface area contributed by atoms with Gasteiger partial charge in [0.25, 0.3) is 10.0 Å². The molecule has 0 unspecified atom stereocenters. The number of nitrogens with one attached hydrogen (secondary N) is 2. The summed E-state index contributed by atoms with van der Waals surface area (Å²) in [6.45, 7) is 8.18. The van der Waals surface area contributed by atoms with Gasteiger partial charge in [0.2, 0.25) is 0 Å². The van der Waals surface area contributed by atoms with Crippen molar-refractivity contribution in [1.82, 2.24) is 0 Å². The summed E-state index contributed by atoms with van der Waals surface area (Å²) in [6, 6.07) is 12.4. The first-order valence-electron chi connectivity index (χ1n) is 7.88. The van der Waals surface area contributed by atoms with Crippen LogP contribution >= 0.6 is 0 Å².